The van der Waals surface area contributed by atoms with Gasteiger partial charge in [0, 0.05) is 16.1 Å². The van der Waals surface area contributed by atoms with E-state index in [1.54, 1.807) is 19.1 Å². The van der Waals surface area contributed by atoms with E-state index in [-0.39, 0.29) is 16.4 Å². The smallest absolute Gasteiger partial charge is 0.339 e. The maximum Gasteiger partial charge on any atom is 0.339 e. The molecule has 8 heteroatoms. The number of rotatable bonds is 8. The first kappa shape index (κ1) is 19.8. The Labute approximate surface area is 157 Å². The molecule has 0 radical (unpaired) electrons. The lowest BCUT2D eigenvalue weighted by atomic mass is 10.1. The van der Waals surface area contributed by atoms with E-state index in [1.807, 2.05) is 0 Å². The average molecular weight is 396 g/mol. The highest BCUT2D eigenvalue weighted by molar-refractivity contribution is 7.87. The minimum Gasteiger partial charge on any atom is -0.490 e. The molecule has 0 atom stereocenters. The zero-order valence-corrected chi connectivity index (χ0v) is 15.6. The van der Waals surface area contributed by atoms with Crippen LogP contribution in [0.3, 0.4) is 0 Å². The molecular formula is C18H18ClNO5S. The van der Waals surface area contributed by atoms with Crippen LogP contribution in [0.5, 0.6) is 11.5 Å². The molecule has 0 saturated carbocycles. The monoisotopic (exact) mass is 395 g/mol. The van der Waals surface area contributed by atoms with Gasteiger partial charge in [-0.2, -0.15) is 8.42 Å². The summed E-state index contributed by atoms with van der Waals surface area (Å²) in [5.74, 6) is 0.288. The molecule has 0 aliphatic carbocycles. The van der Waals surface area contributed by atoms with Crippen LogP contribution in [0.15, 0.2) is 59.1 Å². The Bertz CT molecular complexity index is 908. The number of allylic oxidation sites excluding steroid dienone is 1. The SMILES string of the molecule is C=CCc1cc(/C=N\O)cc(OCC)c1OS(=O)(=O)c1ccc(Cl)cc1. The predicted octanol–water partition coefficient (Wildman–Crippen LogP) is 4.04. The summed E-state index contributed by atoms with van der Waals surface area (Å²) >= 11 is 5.80. The van der Waals surface area contributed by atoms with Gasteiger partial charge in [0.2, 0.25) is 0 Å². The molecule has 0 saturated heterocycles. The van der Waals surface area contributed by atoms with Crippen molar-refractivity contribution in [2.24, 2.45) is 5.16 Å². The molecular weight excluding hydrogens is 378 g/mol. The van der Waals surface area contributed by atoms with Crippen LogP contribution >= 0.6 is 11.6 Å². The van der Waals surface area contributed by atoms with E-state index in [4.69, 9.17) is 25.7 Å². The van der Waals surface area contributed by atoms with E-state index < -0.39 is 10.1 Å². The second-order valence-electron chi connectivity index (χ2n) is 5.17. The van der Waals surface area contributed by atoms with Gasteiger partial charge in [0.15, 0.2) is 11.5 Å². The number of hydrogen-bond acceptors (Lipinski definition) is 6. The minimum atomic E-state index is -4.09. The summed E-state index contributed by atoms with van der Waals surface area (Å²) < 4.78 is 36.1. The van der Waals surface area contributed by atoms with Gasteiger partial charge >= 0.3 is 10.1 Å². The maximum absolute atomic E-state index is 12.6. The normalized spacial score (nSPS) is 11.5. The van der Waals surface area contributed by atoms with Gasteiger partial charge in [0.1, 0.15) is 4.90 Å². The average Bonchev–Trinajstić information content (AvgIpc) is 2.59. The molecule has 0 amide bonds. The Balaban J connectivity index is 2.54. The Morgan fingerprint density at radius 1 is 1.27 bits per heavy atom. The summed E-state index contributed by atoms with van der Waals surface area (Å²) in [6.45, 7) is 5.73. The number of nitrogens with zero attached hydrogens (tertiary/aromatic N) is 1. The number of hydrogen-bond donors (Lipinski definition) is 1. The van der Waals surface area contributed by atoms with Gasteiger partial charge in [-0.15, -0.1) is 6.58 Å². The van der Waals surface area contributed by atoms with Crippen LogP contribution in [0, 0.1) is 0 Å². The van der Waals surface area contributed by atoms with Gasteiger partial charge in [-0.1, -0.05) is 22.8 Å². The number of benzene rings is 2. The van der Waals surface area contributed by atoms with E-state index >= 15 is 0 Å². The zero-order valence-electron chi connectivity index (χ0n) is 14.1. The summed E-state index contributed by atoms with van der Waals surface area (Å²) in [6.07, 6.45) is 3.15. The van der Waals surface area contributed by atoms with Crippen LogP contribution in [0.25, 0.3) is 0 Å². The fourth-order valence-corrected chi connectivity index (χ4v) is 3.35. The third-order valence-electron chi connectivity index (χ3n) is 3.32. The molecule has 2 aromatic rings. The molecule has 0 fully saturated rings. The fourth-order valence-electron chi connectivity index (χ4n) is 2.25. The lowest BCUT2D eigenvalue weighted by Gasteiger charge is -2.16. The first-order valence-electron chi connectivity index (χ1n) is 7.69. The number of oxime groups is 1. The standard InChI is InChI=1S/C18H18ClNO5S/c1-3-5-14-10-13(12-20-21)11-17(24-4-2)18(14)25-26(22,23)16-8-6-15(19)7-9-16/h3,6-12,21H,1,4-5H2,2H3/b20-12-. The Morgan fingerprint density at radius 3 is 2.54 bits per heavy atom. The van der Waals surface area contributed by atoms with Crippen LogP contribution in [0.4, 0.5) is 0 Å². The van der Waals surface area contributed by atoms with Crippen LogP contribution in [-0.2, 0) is 16.5 Å². The first-order chi connectivity index (χ1) is 12.4. The molecule has 26 heavy (non-hydrogen) atoms. The highest BCUT2D eigenvalue weighted by Gasteiger charge is 2.22. The molecule has 0 heterocycles. The van der Waals surface area contributed by atoms with Gasteiger partial charge in [-0.3, -0.25) is 0 Å². The first-order valence-corrected chi connectivity index (χ1v) is 9.48. The van der Waals surface area contributed by atoms with Crippen molar-refractivity contribution in [3.63, 3.8) is 0 Å². The maximum atomic E-state index is 12.6. The van der Waals surface area contributed by atoms with E-state index in [2.05, 4.69) is 11.7 Å². The highest BCUT2D eigenvalue weighted by Crippen LogP contribution is 2.36. The van der Waals surface area contributed by atoms with Gasteiger partial charge < -0.3 is 14.1 Å². The molecule has 0 bridgehead atoms. The van der Waals surface area contributed by atoms with Crippen molar-refractivity contribution >= 4 is 27.9 Å². The third-order valence-corrected chi connectivity index (χ3v) is 4.81. The van der Waals surface area contributed by atoms with Crippen molar-refractivity contribution in [1.82, 2.24) is 0 Å². The predicted molar refractivity (Wildman–Crippen MR) is 100 cm³/mol. The number of halogens is 1. The largest absolute Gasteiger partial charge is 0.490 e. The third kappa shape index (κ3) is 4.77. The summed E-state index contributed by atoms with van der Waals surface area (Å²) in [5, 5.41) is 12.2. The van der Waals surface area contributed by atoms with E-state index in [0.29, 0.717) is 29.2 Å². The Kier molecular flexibility index (Phi) is 6.65. The van der Waals surface area contributed by atoms with Gasteiger partial charge in [-0.05, 0) is 49.7 Å². The topological polar surface area (TPSA) is 85.2 Å². The summed E-state index contributed by atoms with van der Waals surface area (Å²) in [6, 6.07) is 8.81. The van der Waals surface area contributed by atoms with E-state index in [9.17, 15) is 8.42 Å². The minimum absolute atomic E-state index is 0.0325. The van der Waals surface area contributed by atoms with Gasteiger partial charge in [-0.25, -0.2) is 0 Å². The van der Waals surface area contributed by atoms with E-state index in [0.717, 1.165) is 0 Å². The molecule has 2 aromatic carbocycles. The van der Waals surface area contributed by atoms with E-state index in [1.165, 1.54) is 36.5 Å². The lowest BCUT2D eigenvalue weighted by Crippen LogP contribution is -2.12. The Hall–Kier alpha value is -2.51. The number of ether oxygens (including phenoxy) is 1. The zero-order chi connectivity index (χ0) is 19.2. The molecule has 1 N–H and O–H groups in total. The molecule has 2 rings (SSSR count). The molecule has 0 aliphatic heterocycles. The van der Waals surface area contributed by atoms with Crippen LogP contribution in [-0.4, -0.2) is 26.4 Å². The molecule has 138 valence electrons. The van der Waals surface area contributed by atoms with Crippen molar-refractivity contribution in [3.8, 4) is 11.5 Å². The molecule has 6 nitrogen and oxygen atoms in total. The van der Waals surface area contributed by atoms with Crippen LogP contribution < -0.4 is 8.92 Å². The van der Waals surface area contributed by atoms with Crippen molar-refractivity contribution in [2.45, 2.75) is 18.2 Å². The fraction of sp³-hybridized carbons (Fsp3) is 0.167. The lowest BCUT2D eigenvalue weighted by molar-refractivity contribution is 0.321. The summed E-state index contributed by atoms with van der Waals surface area (Å²) in [4.78, 5) is -0.0325. The second kappa shape index (κ2) is 8.73. The molecule has 0 aliphatic rings. The van der Waals surface area contributed by atoms with Crippen molar-refractivity contribution in [3.05, 3.63) is 65.2 Å². The summed E-state index contributed by atoms with van der Waals surface area (Å²) in [7, 11) is -4.09. The van der Waals surface area contributed by atoms with Crippen LogP contribution in [0.1, 0.15) is 18.1 Å². The molecule has 0 unspecified atom stereocenters. The highest BCUT2D eigenvalue weighted by atomic mass is 35.5. The van der Waals surface area contributed by atoms with Crippen molar-refractivity contribution < 1.29 is 22.5 Å². The van der Waals surface area contributed by atoms with Gasteiger partial charge in [0.05, 0.1) is 12.8 Å². The van der Waals surface area contributed by atoms with Crippen LogP contribution in [0.2, 0.25) is 5.02 Å². The molecule has 0 aromatic heterocycles. The quantitative estimate of drug-likeness (QED) is 0.240. The van der Waals surface area contributed by atoms with Gasteiger partial charge in [0.25, 0.3) is 0 Å². The second-order valence-corrected chi connectivity index (χ2v) is 7.15. The molecule has 0 spiro atoms. The Morgan fingerprint density at radius 2 is 1.96 bits per heavy atom. The summed E-state index contributed by atoms with van der Waals surface area (Å²) in [5.41, 5.74) is 1.06. The van der Waals surface area contributed by atoms with Crippen molar-refractivity contribution in [1.29, 1.82) is 0 Å². The van der Waals surface area contributed by atoms with Crippen molar-refractivity contribution in [2.75, 3.05) is 6.61 Å².